The zero-order chi connectivity index (χ0) is 38.2. The summed E-state index contributed by atoms with van der Waals surface area (Å²) >= 11 is 0. The van der Waals surface area contributed by atoms with Gasteiger partial charge in [0.1, 0.15) is 6.04 Å². The minimum absolute atomic E-state index is 0.137. The number of fused-ring (bicyclic) bond motifs is 3. The summed E-state index contributed by atoms with van der Waals surface area (Å²) in [5, 5.41) is 13.3. The van der Waals surface area contributed by atoms with E-state index in [2.05, 4.69) is 26.1 Å². The number of methoxy groups -OCH3 is 5. The highest BCUT2D eigenvalue weighted by Crippen LogP contribution is 2.50. The molecule has 0 saturated heterocycles. The number of carbonyl (C=O) groups excluding carboxylic acids is 2. The molecule has 14 heteroatoms. The van der Waals surface area contributed by atoms with Gasteiger partial charge in [-0.15, -0.1) is 0 Å². The van der Waals surface area contributed by atoms with Crippen LogP contribution in [0.1, 0.15) is 56.7 Å². The Morgan fingerprint density at radius 1 is 0.925 bits per heavy atom. The average molecular weight is 730 g/mol. The van der Waals surface area contributed by atoms with Crippen LogP contribution in [0.2, 0.25) is 0 Å². The fourth-order valence-corrected chi connectivity index (χ4v) is 6.55. The Hall–Kier alpha value is -5.79. The lowest BCUT2D eigenvalue weighted by atomic mass is 9.95. The number of nitrogens with zero attached hydrogens (tertiary/aromatic N) is 2. The number of aryl methyl sites for hydroxylation is 1. The van der Waals surface area contributed by atoms with Gasteiger partial charge in [-0.2, -0.15) is 4.98 Å². The first-order valence-corrected chi connectivity index (χ1v) is 17.4. The predicted molar refractivity (Wildman–Crippen MR) is 199 cm³/mol. The van der Waals surface area contributed by atoms with Crippen LogP contribution in [0.5, 0.6) is 28.7 Å². The van der Waals surface area contributed by atoms with Crippen molar-refractivity contribution in [3.05, 3.63) is 69.7 Å². The minimum atomic E-state index is -0.739. The number of hydrogen-bond acceptors (Lipinski definition) is 12. The molecule has 1 aliphatic carbocycles. The second-order valence-electron chi connectivity index (χ2n) is 12.7. The standard InChI is InChI=1S/C39H47N5O9/c1-9-21(2)35(39(47)40-17-16-33-43-38(44-53-33)24-11-15-30(48-4)31(19-24)49-5)42-28-14-12-25-26(20-29(28)46)27(41-22(3)45)13-10-23-18-32(50-6)36(51-7)37(52-8)34(23)25/h11-12,14-15,18-21,27,35H,9-10,13,16-17H2,1-8H3,(H,40,47)(H,41,45)(H,42,46). The molecule has 1 heterocycles. The van der Waals surface area contributed by atoms with Gasteiger partial charge in [-0.05, 0) is 71.8 Å². The SMILES string of the molecule is CCC(C)C(Nc1ccc2c(cc1=O)C(NC(C)=O)CCc1cc(OC)c(OC)c(OC)c1-2)C(=O)NCCc1nc(-c2ccc(OC)c(OC)c2)no1. The molecule has 3 unspecified atom stereocenters. The quantitative estimate of drug-likeness (QED) is 0.148. The Morgan fingerprint density at radius 3 is 2.32 bits per heavy atom. The normalized spacial score (nSPS) is 14.4. The number of benzene rings is 2. The number of rotatable bonds is 15. The van der Waals surface area contributed by atoms with Crippen LogP contribution in [-0.2, 0) is 22.4 Å². The molecular formula is C39H47N5O9. The number of amides is 2. The predicted octanol–water partition coefficient (Wildman–Crippen LogP) is 5.12. The summed E-state index contributed by atoms with van der Waals surface area (Å²) in [6, 6.07) is 11.0. The molecule has 53 heavy (non-hydrogen) atoms. The van der Waals surface area contributed by atoms with Gasteiger partial charge in [0, 0.05) is 31.0 Å². The lowest BCUT2D eigenvalue weighted by Gasteiger charge is -2.24. The van der Waals surface area contributed by atoms with E-state index in [1.807, 2.05) is 26.0 Å². The molecule has 0 spiro atoms. The lowest BCUT2D eigenvalue weighted by Crippen LogP contribution is -2.45. The largest absolute Gasteiger partial charge is 0.493 e. The molecule has 282 valence electrons. The van der Waals surface area contributed by atoms with Crippen LogP contribution in [0, 0.1) is 5.92 Å². The number of anilines is 1. The van der Waals surface area contributed by atoms with Crippen molar-refractivity contribution in [2.24, 2.45) is 5.92 Å². The van der Waals surface area contributed by atoms with Gasteiger partial charge in [-0.3, -0.25) is 14.4 Å². The Kier molecular flexibility index (Phi) is 12.4. The van der Waals surface area contributed by atoms with Crippen molar-refractivity contribution in [1.82, 2.24) is 20.8 Å². The van der Waals surface area contributed by atoms with Gasteiger partial charge < -0.3 is 44.2 Å². The molecule has 1 aromatic heterocycles. The van der Waals surface area contributed by atoms with Gasteiger partial charge in [0.05, 0.1) is 47.3 Å². The molecule has 3 N–H and O–H groups in total. The Labute approximate surface area is 308 Å². The number of carbonyl (C=O) groups is 2. The molecule has 2 amide bonds. The summed E-state index contributed by atoms with van der Waals surface area (Å²) in [6.45, 7) is 5.60. The zero-order valence-electron chi connectivity index (χ0n) is 31.4. The molecule has 0 fully saturated rings. The molecule has 3 atom stereocenters. The molecule has 1 aliphatic rings. The zero-order valence-corrected chi connectivity index (χ0v) is 31.4. The fraction of sp³-hybridized carbons (Fsp3) is 0.410. The second kappa shape index (κ2) is 17.2. The molecule has 3 aromatic carbocycles. The van der Waals surface area contributed by atoms with Gasteiger partial charge in [0.15, 0.2) is 23.0 Å². The van der Waals surface area contributed by atoms with E-state index in [4.69, 9.17) is 28.2 Å². The number of ether oxygens (including phenoxy) is 5. The van der Waals surface area contributed by atoms with Crippen LogP contribution in [0.25, 0.3) is 22.5 Å². The maximum Gasteiger partial charge on any atom is 0.242 e. The number of aromatic nitrogens is 2. The van der Waals surface area contributed by atoms with Crippen LogP contribution in [0.15, 0.2) is 51.8 Å². The Bertz CT molecular complexity index is 2010. The van der Waals surface area contributed by atoms with Crippen molar-refractivity contribution in [2.75, 3.05) is 47.4 Å². The Morgan fingerprint density at radius 2 is 1.66 bits per heavy atom. The summed E-state index contributed by atoms with van der Waals surface area (Å²) in [5.74, 6) is 2.57. The molecule has 5 rings (SSSR count). The van der Waals surface area contributed by atoms with Gasteiger partial charge in [-0.1, -0.05) is 31.5 Å². The molecule has 14 nitrogen and oxygen atoms in total. The molecule has 0 radical (unpaired) electrons. The highest BCUT2D eigenvalue weighted by atomic mass is 16.5. The smallest absolute Gasteiger partial charge is 0.242 e. The highest BCUT2D eigenvalue weighted by Gasteiger charge is 2.30. The van der Waals surface area contributed by atoms with Crippen LogP contribution in [0.3, 0.4) is 0 Å². The van der Waals surface area contributed by atoms with E-state index in [-0.39, 0.29) is 35.4 Å². The summed E-state index contributed by atoms with van der Waals surface area (Å²) < 4.78 is 33.3. The third-order valence-corrected chi connectivity index (χ3v) is 9.47. The minimum Gasteiger partial charge on any atom is -0.493 e. The van der Waals surface area contributed by atoms with Crippen LogP contribution in [-0.4, -0.2) is 70.1 Å². The van der Waals surface area contributed by atoms with Gasteiger partial charge in [0.2, 0.25) is 34.7 Å². The molecular weight excluding hydrogens is 682 g/mol. The third-order valence-electron chi connectivity index (χ3n) is 9.47. The van der Waals surface area contributed by atoms with E-state index in [9.17, 15) is 14.4 Å². The second-order valence-corrected chi connectivity index (χ2v) is 12.7. The van der Waals surface area contributed by atoms with Crippen molar-refractivity contribution in [3.63, 3.8) is 0 Å². The summed E-state index contributed by atoms with van der Waals surface area (Å²) in [7, 11) is 7.75. The van der Waals surface area contributed by atoms with Crippen LogP contribution >= 0.6 is 0 Å². The molecule has 0 saturated carbocycles. The van der Waals surface area contributed by atoms with Crippen LogP contribution < -0.4 is 45.1 Å². The van der Waals surface area contributed by atoms with E-state index in [0.717, 1.165) is 11.1 Å². The van der Waals surface area contributed by atoms with Crippen molar-refractivity contribution < 1.29 is 37.8 Å². The Balaban J connectivity index is 1.41. The van der Waals surface area contributed by atoms with E-state index < -0.39 is 12.1 Å². The van der Waals surface area contributed by atoms with Crippen molar-refractivity contribution >= 4 is 17.5 Å². The van der Waals surface area contributed by atoms with Crippen molar-refractivity contribution in [1.29, 1.82) is 0 Å². The van der Waals surface area contributed by atoms with Crippen LogP contribution in [0.4, 0.5) is 5.69 Å². The summed E-state index contributed by atoms with van der Waals surface area (Å²) in [6.07, 6.45) is 2.06. The topological polar surface area (TPSA) is 172 Å². The summed E-state index contributed by atoms with van der Waals surface area (Å²) in [5.41, 5.74) is 3.55. The summed E-state index contributed by atoms with van der Waals surface area (Å²) in [4.78, 5) is 44.5. The van der Waals surface area contributed by atoms with Gasteiger partial charge >= 0.3 is 0 Å². The van der Waals surface area contributed by atoms with Gasteiger partial charge in [-0.25, -0.2) is 0 Å². The highest BCUT2D eigenvalue weighted by molar-refractivity contribution is 5.86. The first kappa shape index (κ1) is 38.4. The van der Waals surface area contributed by atoms with E-state index in [0.29, 0.717) is 82.8 Å². The lowest BCUT2D eigenvalue weighted by molar-refractivity contribution is -0.123. The maximum atomic E-state index is 14.0. The molecule has 4 aromatic rings. The van der Waals surface area contributed by atoms with Gasteiger partial charge in [0.25, 0.3) is 0 Å². The number of hydrogen-bond donors (Lipinski definition) is 3. The van der Waals surface area contributed by atoms with E-state index in [1.54, 1.807) is 52.7 Å². The third kappa shape index (κ3) is 8.32. The molecule has 0 aliphatic heterocycles. The number of nitrogens with one attached hydrogen (secondary N) is 3. The fourth-order valence-electron chi connectivity index (χ4n) is 6.55. The van der Waals surface area contributed by atoms with Crippen molar-refractivity contribution in [3.8, 4) is 51.3 Å². The first-order valence-electron chi connectivity index (χ1n) is 17.4. The first-order chi connectivity index (χ1) is 25.6. The average Bonchev–Trinajstić information content (AvgIpc) is 3.52. The van der Waals surface area contributed by atoms with Crippen molar-refractivity contribution in [2.45, 2.75) is 58.5 Å². The molecule has 0 bridgehead atoms. The maximum absolute atomic E-state index is 14.0. The van der Waals surface area contributed by atoms with E-state index in [1.165, 1.54) is 20.1 Å². The van der Waals surface area contributed by atoms with E-state index >= 15 is 0 Å². The monoisotopic (exact) mass is 729 g/mol.